The molecule has 1 fully saturated rings. The van der Waals surface area contributed by atoms with Crippen LogP contribution >= 0.6 is 11.8 Å². The van der Waals surface area contributed by atoms with E-state index in [0.717, 1.165) is 36.4 Å². The van der Waals surface area contributed by atoms with Gasteiger partial charge in [-0.15, -0.1) is 11.8 Å². The summed E-state index contributed by atoms with van der Waals surface area (Å²) in [5.74, 6) is 1.28. The molecule has 1 amide bonds. The Kier molecular flexibility index (Phi) is 6.49. The van der Waals surface area contributed by atoms with E-state index in [1.165, 1.54) is 6.42 Å². The highest BCUT2D eigenvalue weighted by Crippen LogP contribution is 2.21. The first-order valence-corrected chi connectivity index (χ1v) is 9.08. The van der Waals surface area contributed by atoms with Gasteiger partial charge in [-0.25, -0.2) is 0 Å². The van der Waals surface area contributed by atoms with Crippen molar-refractivity contribution in [2.24, 2.45) is 5.92 Å². The van der Waals surface area contributed by atoms with Crippen molar-refractivity contribution >= 4 is 23.5 Å². The van der Waals surface area contributed by atoms with Gasteiger partial charge in [0.2, 0.25) is 5.91 Å². The van der Waals surface area contributed by atoms with Gasteiger partial charge in [0.05, 0.1) is 5.75 Å². The molecule has 1 heterocycles. The third-order valence-corrected chi connectivity index (χ3v) is 4.84. The maximum Gasteiger partial charge on any atom is 0.232 e. The number of rotatable bonds is 6. The molecule has 1 saturated heterocycles. The minimum atomic E-state index is 0.191. The average molecular weight is 319 g/mol. The Bertz CT molecular complexity index is 504. The average Bonchev–Trinajstić information content (AvgIpc) is 2.53. The van der Waals surface area contributed by atoms with Crippen molar-refractivity contribution in [1.29, 1.82) is 0 Å². The lowest BCUT2D eigenvalue weighted by molar-refractivity contribution is -0.129. The Morgan fingerprint density at radius 1 is 1.09 bits per heavy atom. The van der Waals surface area contributed by atoms with Gasteiger partial charge in [-0.2, -0.15) is 0 Å². The highest BCUT2D eigenvalue weighted by molar-refractivity contribution is 8.00. The fourth-order valence-electron chi connectivity index (χ4n) is 2.61. The van der Waals surface area contributed by atoms with Crippen LogP contribution in [0.5, 0.6) is 0 Å². The van der Waals surface area contributed by atoms with Crippen molar-refractivity contribution in [2.75, 3.05) is 18.8 Å². The summed E-state index contributed by atoms with van der Waals surface area (Å²) in [4.78, 5) is 27.1. The number of hydrogen-bond acceptors (Lipinski definition) is 3. The number of carbonyl (C=O) groups excluding carboxylic acids is 2. The first-order valence-electron chi connectivity index (χ1n) is 8.10. The first kappa shape index (κ1) is 17.1. The summed E-state index contributed by atoms with van der Waals surface area (Å²) in [6.45, 7) is 5.91. The second-order valence-corrected chi connectivity index (χ2v) is 7.32. The molecular formula is C18H25NO2S. The molecule has 22 heavy (non-hydrogen) atoms. The van der Waals surface area contributed by atoms with Crippen LogP contribution in [-0.4, -0.2) is 35.4 Å². The smallest absolute Gasteiger partial charge is 0.232 e. The van der Waals surface area contributed by atoms with E-state index < -0.39 is 0 Å². The Morgan fingerprint density at radius 3 is 2.32 bits per heavy atom. The molecular weight excluding hydrogens is 294 g/mol. The molecule has 0 spiro atoms. The summed E-state index contributed by atoms with van der Waals surface area (Å²) in [5, 5.41) is 0. The molecule has 0 radical (unpaired) electrons. The van der Waals surface area contributed by atoms with Crippen LogP contribution in [0.1, 0.15) is 49.9 Å². The van der Waals surface area contributed by atoms with E-state index in [9.17, 15) is 9.59 Å². The van der Waals surface area contributed by atoms with Crippen LogP contribution in [0.15, 0.2) is 29.2 Å². The topological polar surface area (TPSA) is 37.4 Å². The first-order chi connectivity index (χ1) is 10.6. The molecule has 0 aliphatic carbocycles. The van der Waals surface area contributed by atoms with Crippen molar-refractivity contribution in [3.63, 3.8) is 0 Å². The molecule has 0 atom stereocenters. The number of hydrogen-bond donors (Lipinski definition) is 0. The number of nitrogens with zero attached hydrogens (tertiary/aromatic N) is 1. The summed E-state index contributed by atoms with van der Waals surface area (Å²) < 4.78 is 0. The summed E-state index contributed by atoms with van der Waals surface area (Å²) in [5.41, 5.74) is 0.764. The predicted octanol–water partition coefficient (Wildman–Crippen LogP) is 4.02. The van der Waals surface area contributed by atoms with Crippen molar-refractivity contribution in [1.82, 2.24) is 4.90 Å². The predicted molar refractivity (Wildman–Crippen MR) is 91.4 cm³/mol. The minimum absolute atomic E-state index is 0.191. The van der Waals surface area contributed by atoms with Crippen molar-refractivity contribution in [2.45, 2.75) is 44.4 Å². The largest absolute Gasteiger partial charge is 0.342 e. The van der Waals surface area contributed by atoms with Gasteiger partial charge in [-0.3, -0.25) is 9.59 Å². The molecule has 0 N–H and O–H groups in total. The van der Waals surface area contributed by atoms with Crippen LogP contribution in [0.3, 0.4) is 0 Å². The molecule has 1 aliphatic rings. The van der Waals surface area contributed by atoms with Gasteiger partial charge in [0.15, 0.2) is 5.78 Å². The van der Waals surface area contributed by atoms with E-state index in [4.69, 9.17) is 0 Å². The number of thioether (sulfide) groups is 1. The van der Waals surface area contributed by atoms with Crippen LogP contribution in [0.2, 0.25) is 0 Å². The van der Waals surface area contributed by atoms with Gasteiger partial charge < -0.3 is 4.90 Å². The molecule has 2 rings (SSSR count). The number of ketones is 1. The molecule has 0 bridgehead atoms. The van der Waals surface area contributed by atoms with E-state index in [2.05, 4.69) is 0 Å². The molecule has 1 aromatic rings. The Hall–Kier alpha value is -1.29. The lowest BCUT2D eigenvalue weighted by Gasteiger charge is -2.26. The Morgan fingerprint density at radius 2 is 1.73 bits per heavy atom. The number of benzene rings is 1. The summed E-state index contributed by atoms with van der Waals surface area (Å²) in [6.07, 6.45) is 4.08. The van der Waals surface area contributed by atoms with Gasteiger partial charge in [-0.05, 0) is 37.3 Å². The quantitative estimate of drug-likeness (QED) is 0.587. The third-order valence-electron chi connectivity index (χ3n) is 3.84. The number of amides is 1. The second-order valence-electron chi connectivity index (χ2n) is 6.28. The number of likely N-dealkylation sites (tertiary alicyclic amines) is 1. The van der Waals surface area contributed by atoms with Gasteiger partial charge in [0, 0.05) is 30.0 Å². The van der Waals surface area contributed by atoms with E-state index in [0.29, 0.717) is 18.1 Å². The lowest BCUT2D eigenvalue weighted by Crippen LogP contribution is -2.36. The SMILES string of the molecule is CC(C)CC(=O)c1ccc(SCC(=O)N2CCCCC2)cc1. The van der Waals surface area contributed by atoms with Crippen molar-refractivity contribution in [3.8, 4) is 0 Å². The summed E-state index contributed by atoms with van der Waals surface area (Å²) in [6, 6.07) is 7.64. The number of piperidine rings is 1. The lowest BCUT2D eigenvalue weighted by atomic mass is 10.0. The summed E-state index contributed by atoms with van der Waals surface area (Å²) in [7, 11) is 0. The number of Topliss-reactive ketones (excluding diaryl/α,β-unsaturated/α-hetero) is 1. The van der Waals surface area contributed by atoms with Crippen molar-refractivity contribution in [3.05, 3.63) is 29.8 Å². The second kappa shape index (κ2) is 8.37. The third kappa shape index (κ3) is 5.16. The molecule has 3 nitrogen and oxygen atoms in total. The zero-order valence-electron chi connectivity index (χ0n) is 13.5. The van der Waals surface area contributed by atoms with Gasteiger partial charge in [0.1, 0.15) is 0 Å². The standard InChI is InChI=1S/C18H25NO2S/c1-14(2)12-17(20)15-6-8-16(9-7-15)22-13-18(21)19-10-4-3-5-11-19/h6-9,14H,3-5,10-13H2,1-2H3. The Balaban J connectivity index is 1.83. The molecule has 0 aromatic heterocycles. The molecule has 0 unspecified atom stereocenters. The highest BCUT2D eigenvalue weighted by atomic mass is 32.2. The van der Waals surface area contributed by atoms with Crippen LogP contribution in [0.4, 0.5) is 0 Å². The minimum Gasteiger partial charge on any atom is -0.342 e. The van der Waals surface area contributed by atoms with Crippen molar-refractivity contribution < 1.29 is 9.59 Å². The van der Waals surface area contributed by atoms with Crippen LogP contribution in [-0.2, 0) is 4.79 Å². The van der Waals surface area contributed by atoms with Crippen LogP contribution < -0.4 is 0 Å². The molecule has 1 aromatic carbocycles. The zero-order valence-corrected chi connectivity index (χ0v) is 14.3. The van der Waals surface area contributed by atoms with E-state index >= 15 is 0 Å². The molecule has 1 aliphatic heterocycles. The van der Waals surface area contributed by atoms with E-state index in [1.807, 2.05) is 43.0 Å². The van der Waals surface area contributed by atoms with Gasteiger partial charge in [0.25, 0.3) is 0 Å². The maximum atomic E-state index is 12.1. The molecule has 4 heteroatoms. The number of carbonyl (C=O) groups is 2. The maximum absolute atomic E-state index is 12.1. The van der Waals surface area contributed by atoms with Crippen LogP contribution in [0.25, 0.3) is 0 Å². The normalized spacial score (nSPS) is 15.1. The van der Waals surface area contributed by atoms with E-state index in [-0.39, 0.29) is 11.7 Å². The van der Waals surface area contributed by atoms with Gasteiger partial charge in [-0.1, -0.05) is 26.0 Å². The molecule has 120 valence electrons. The van der Waals surface area contributed by atoms with E-state index in [1.54, 1.807) is 11.8 Å². The highest BCUT2D eigenvalue weighted by Gasteiger charge is 2.16. The Labute approximate surface area is 137 Å². The zero-order chi connectivity index (χ0) is 15.9. The monoisotopic (exact) mass is 319 g/mol. The van der Waals surface area contributed by atoms with Crippen LogP contribution in [0, 0.1) is 5.92 Å². The summed E-state index contributed by atoms with van der Waals surface area (Å²) >= 11 is 1.55. The fourth-order valence-corrected chi connectivity index (χ4v) is 3.41. The van der Waals surface area contributed by atoms with Gasteiger partial charge >= 0.3 is 0 Å². The molecule has 0 saturated carbocycles. The fraction of sp³-hybridized carbons (Fsp3) is 0.556.